The van der Waals surface area contributed by atoms with Crippen LogP contribution < -0.4 is 9.47 Å². The molecule has 4 heteroatoms. The van der Waals surface area contributed by atoms with Crippen LogP contribution >= 0.6 is 0 Å². The van der Waals surface area contributed by atoms with Crippen molar-refractivity contribution in [1.29, 1.82) is 0 Å². The Hall–Kier alpha value is -4.57. The molecule has 0 radical (unpaired) electrons. The second kappa shape index (κ2) is 12.1. The predicted octanol–water partition coefficient (Wildman–Crippen LogP) is 7.66. The SMILES string of the molecule is CCOc1ccc(C(=O)N(Cc2ccccc2)Cc2ccccc2)cc1COc1cccc2ccccc12. The number of carbonyl (C=O) groups excluding carboxylic acids is 1. The highest BCUT2D eigenvalue weighted by Crippen LogP contribution is 2.28. The van der Waals surface area contributed by atoms with Crippen molar-refractivity contribution in [3.8, 4) is 11.5 Å². The lowest BCUT2D eigenvalue weighted by Gasteiger charge is -2.24. The number of amides is 1. The third kappa shape index (κ3) is 6.04. The molecule has 0 aliphatic heterocycles. The average Bonchev–Trinajstić information content (AvgIpc) is 2.97. The standard InChI is InChI=1S/C34H31NO3/c1-2-37-32-21-20-29(22-30(32)25-38-33-19-11-17-28-16-9-10-18-31(28)33)34(36)35(23-26-12-5-3-6-13-26)24-27-14-7-4-8-15-27/h3-22H,2,23-25H2,1H3. The lowest BCUT2D eigenvalue weighted by Crippen LogP contribution is -2.30. The quantitative estimate of drug-likeness (QED) is 0.197. The lowest BCUT2D eigenvalue weighted by atomic mass is 10.1. The lowest BCUT2D eigenvalue weighted by molar-refractivity contribution is 0.0729. The summed E-state index contributed by atoms with van der Waals surface area (Å²) in [6.45, 7) is 3.81. The number of fused-ring (bicyclic) bond motifs is 1. The molecule has 0 saturated heterocycles. The Balaban J connectivity index is 1.43. The number of rotatable bonds is 10. The number of hydrogen-bond acceptors (Lipinski definition) is 3. The van der Waals surface area contributed by atoms with Gasteiger partial charge in [0, 0.05) is 29.6 Å². The van der Waals surface area contributed by atoms with E-state index in [0.717, 1.165) is 39.0 Å². The molecule has 5 rings (SSSR count). The molecule has 0 unspecified atom stereocenters. The molecule has 0 aliphatic rings. The zero-order chi connectivity index (χ0) is 26.2. The molecule has 38 heavy (non-hydrogen) atoms. The molecule has 190 valence electrons. The van der Waals surface area contributed by atoms with E-state index in [9.17, 15) is 4.79 Å². The van der Waals surface area contributed by atoms with E-state index in [2.05, 4.69) is 18.2 Å². The Morgan fingerprint density at radius 3 is 1.97 bits per heavy atom. The smallest absolute Gasteiger partial charge is 0.254 e. The zero-order valence-electron chi connectivity index (χ0n) is 21.5. The monoisotopic (exact) mass is 501 g/mol. The van der Waals surface area contributed by atoms with Crippen LogP contribution in [0, 0.1) is 0 Å². The first kappa shape index (κ1) is 25.1. The average molecular weight is 502 g/mol. The van der Waals surface area contributed by atoms with Crippen LogP contribution in [0.25, 0.3) is 10.8 Å². The van der Waals surface area contributed by atoms with Gasteiger partial charge in [-0.1, -0.05) is 97.1 Å². The highest BCUT2D eigenvalue weighted by molar-refractivity contribution is 5.94. The van der Waals surface area contributed by atoms with Gasteiger partial charge in [-0.3, -0.25) is 4.79 Å². The van der Waals surface area contributed by atoms with E-state index in [4.69, 9.17) is 9.47 Å². The topological polar surface area (TPSA) is 38.8 Å². The van der Waals surface area contributed by atoms with Crippen molar-refractivity contribution >= 4 is 16.7 Å². The van der Waals surface area contributed by atoms with Crippen molar-refractivity contribution in [2.24, 2.45) is 0 Å². The Labute approximate surface area is 224 Å². The summed E-state index contributed by atoms with van der Waals surface area (Å²) in [6.07, 6.45) is 0. The maximum absolute atomic E-state index is 13.9. The number of ether oxygens (including phenoxy) is 2. The van der Waals surface area contributed by atoms with Crippen molar-refractivity contribution in [3.63, 3.8) is 0 Å². The molecule has 0 atom stereocenters. The van der Waals surface area contributed by atoms with Gasteiger partial charge in [-0.05, 0) is 47.7 Å². The first-order valence-electron chi connectivity index (χ1n) is 12.9. The molecule has 0 fully saturated rings. The third-order valence-corrected chi connectivity index (χ3v) is 6.46. The van der Waals surface area contributed by atoms with Crippen LogP contribution in [0.2, 0.25) is 0 Å². The van der Waals surface area contributed by atoms with Crippen molar-refractivity contribution < 1.29 is 14.3 Å². The summed E-state index contributed by atoms with van der Waals surface area (Å²) in [6, 6.07) is 40.0. The molecular formula is C34H31NO3. The number of nitrogens with zero attached hydrogens (tertiary/aromatic N) is 1. The van der Waals surface area contributed by atoms with Gasteiger partial charge in [-0.25, -0.2) is 0 Å². The summed E-state index contributed by atoms with van der Waals surface area (Å²) in [5.74, 6) is 1.49. The first-order valence-corrected chi connectivity index (χ1v) is 12.9. The fourth-order valence-electron chi connectivity index (χ4n) is 4.59. The highest BCUT2D eigenvalue weighted by Gasteiger charge is 2.19. The van der Waals surface area contributed by atoms with Gasteiger partial charge < -0.3 is 14.4 Å². The third-order valence-electron chi connectivity index (χ3n) is 6.46. The molecule has 0 heterocycles. The van der Waals surface area contributed by atoms with Crippen LogP contribution in [-0.4, -0.2) is 17.4 Å². The Morgan fingerprint density at radius 2 is 1.29 bits per heavy atom. The van der Waals surface area contributed by atoms with E-state index in [1.165, 1.54) is 0 Å². The van der Waals surface area contributed by atoms with E-state index in [1.807, 2.05) is 115 Å². The van der Waals surface area contributed by atoms with Gasteiger partial charge in [0.2, 0.25) is 0 Å². The Morgan fingerprint density at radius 1 is 0.658 bits per heavy atom. The van der Waals surface area contributed by atoms with E-state index in [1.54, 1.807) is 0 Å². The fourth-order valence-corrected chi connectivity index (χ4v) is 4.59. The molecule has 0 aromatic heterocycles. The summed E-state index contributed by atoms with van der Waals surface area (Å²) in [7, 11) is 0. The largest absolute Gasteiger partial charge is 0.493 e. The van der Waals surface area contributed by atoms with Crippen LogP contribution in [-0.2, 0) is 19.7 Å². The van der Waals surface area contributed by atoms with Gasteiger partial charge in [0.25, 0.3) is 5.91 Å². The molecule has 1 amide bonds. The first-order chi connectivity index (χ1) is 18.7. The van der Waals surface area contributed by atoms with Crippen molar-refractivity contribution in [2.45, 2.75) is 26.6 Å². The van der Waals surface area contributed by atoms with Gasteiger partial charge in [0.1, 0.15) is 18.1 Å². The summed E-state index contributed by atoms with van der Waals surface area (Å²) in [5.41, 5.74) is 3.62. The predicted molar refractivity (Wildman–Crippen MR) is 152 cm³/mol. The molecule has 5 aromatic carbocycles. The van der Waals surface area contributed by atoms with Crippen LogP contribution in [0.3, 0.4) is 0 Å². The molecule has 0 bridgehead atoms. The van der Waals surface area contributed by atoms with Gasteiger partial charge >= 0.3 is 0 Å². The van der Waals surface area contributed by atoms with Crippen molar-refractivity contribution in [2.75, 3.05) is 6.61 Å². The molecule has 0 spiro atoms. The van der Waals surface area contributed by atoms with E-state index >= 15 is 0 Å². The second-order valence-electron chi connectivity index (χ2n) is 9.15. The maximum atomic E-state index is 13.9. The summed E-state index contributed by atoms with van der Waals surface area (Å²) in [4.78, 5) is 15.8. The van der Waals surface area contributed by atoms with Gasteiger partial charge in [0.15, 0.2) is 0 Å². The summed E-state index contributed by atoms with van der Waals surface area (Å²) < 4.78 is 12.2. The van der Waals surface area contributed by atoms with E-state index in [-0.39, 0.29) is 5.91 Å². The summed E-state index contributed by atoms with van der Waals surface area (Å²) in [5, 5.41) is 2.17. The van der Waals surface area contributed by atoms with Gasteiger partial charge in [-0.15, -0.1) is 0 Å². The normalized spacial score (nSPS) is 10.8. The van der Waals surface area contributed by atoms with E-state index in [0.29, 0.717) is 31.9 Å². The number of hydrogen-bond donors (Lipinski definition) is 0. The Kier molecular flexibility index (Phi) is 8.00. The molecule has 4 nitrogen and oxygen atoms in total. The molecule has 0 saturated carbocycles. The zero-order valence-corrected chi connectivity index (χ0v) is 21.5. The molecule has 0 aliphatic carbocycles. The minimum Gasteiger partial charge on any atom is -0.493 e. The van der Waals surface area contributed by atoms with Crippen molar-refractivity contribution in [3.05, 3.63) is 144 Å². The molecule has 0 N–H and O–H groups in total. The number of carbonyl (C=O) groups is 1. The van der Waals surface area contributed by atoms with E-state index < -0.39 is 0 Å². The fraction of sp³-hybridized carbons (Fsp3) is 0.147. The maximum Gasteiger partial charge on any atom is 0.254 e. The second-order valence-corrected chi connectivity index (χ2v) is 9.15. The van der Waals surface area contributed by atoms with Crippen molar-refractivity contribution in [1.82, 2.24) is 4.90 Å². The van der Waals surface area contributed by atoms with Crippen LogP contribution in [0.1, 0.15) is 34.0 Å². The van der Waals surface area contributed by atoms with Crippen LogP contribution in [0.4, 0.5) is 0 Å². The van der Waals surface area contributed by atoms with Crippen LogP contribution in [0.15, 0.2) is 121 Å². The summed E-state index contributed by atoms with van der Waals surface area (Å²) >= 11 is 0. The highest BCUT2D eigenvalue weighted by atomic mass is 16.5. The van der Waals surface area contributed by atoms with Gasteiger partial charge in [-0.2, -0.15) is 0 Å². The molecular weight excluding hydrogens is 470 g/mol. The molecule has 5 aromatic rings. The Bertz CT molecular complexity index is 1450. The minimum absolute atomic E-state index is 0.0350. The number of benzene rings is 5. The van der Waals surface area contributed by atoms with Gasteiger partial charge in [0.05, 0.1) is 6.61 Å². The van der Waals surface area contributed by atoms with Crippen LogP contribution in [0.5, 0.6) is 11.5 Å². The minimum atomic E-state index is -0.0350.